The van der Waals surface area contributed by atoms with Crippen molar-refractivity contribution in [2.24, 2.45) is 0 Å². The highest BCUT2D eigenvalue weighted by Crippen LogP contribution is 2.25. The van der Waals surface area contributed by atoms with E-state index in [1.807, 2.05) is 80.6 Å². The number of anilines is 1. The lowest BCUT2D eigenvalue weighted by Crippen LogP contribution is -2.31. The molecule has 0 aliphatic rings. The average molecular weight is 399 g/mol. The van der Waals surface area contributed by atoms with Gasteiger partial charge in [0.1, 0.15) is 11.6 Å². The van der Waals surface area contributed by atoms with Crippen LogP contribution in [-0.4, -0.2) is 35.0 Å². The molecule has 1 atom stereocenters. The van der Waals surface area contributed by atoms with E-state index in [9.17, 15) is 4.79 Å². The summed E-state index contributed by atoms with van der Waals surface area (Å²) in [5, 5.41) is 4.33. The number of nitrogens with zero attached hydrogens (tertiary/aromatic N) is 3. The highest BCUT2D eigenvalue weighted by Gasteiger charge is 2.21. The van der Waals surface area contributed by atoms with Crippen LogP contribution in [0.25, 0.3) is 10.9 Å². The smallest absolute Gasteiger partial charge is 0.251 e. The standard InChI is InChI=1S/C24H25N5O/c1-16-26-22(14-23(27-16)29(2)3)21(28-24(30)17-9-5-4-6-10-17)13-18-15-25-20-12-8-7-11-19(18)20/h4-12,14-15,21,25H,13H2,1-3H3,(H,28,30). The van der Waals surface area contributed by atoms with E-state index in [1.165, 1.54) is 0 Å². The van der Waals surface area contributed by atoms with Gasteiger partial charge in [-0.1, -0.05) is 36.4 Å². The van der Waals surface area contributed by atoms with Gasteiger partial charge in [-0.05, 0) is 30.7 Å². The molecule has 6 nitrogen and oxygen atoms in total. The van der Waals surface area contributed by atoms with Gasteiger partial charge in [-0.25, -0.2) is 9.97 Å². The Labute approximate surface area is 176 Å². The number of hydrogen-bond acceptors (Lipinski definition) is 4. The Balaban J connectivity index is 1.72. The van der Waals surface area contributed by atoms with Crippen LogP contribution in [0.3, 0.4) is 0 Å². The number of hydrogen-bond donors (Lipinski definition) is 2. The lowest BCUT2D eigenvalue weighted by Gasteiger charge is -2.21. The van der Waals surface area contributed by atoms with Gasteiger partial charge in [0.05, 0.1) is 11.7 Å². The molecule has 2 N–H and O–H groups in total. The van der Waals surface area contributed by atoms with Crippen LogP contribution in [0.5, 0.6) is 0 Å². The number of H-pyrrole nitrogens is 1. The van der Waals surface area contributed by atoms with Crippen LogP contribution < -0.4 is 10.2 Å². The first-order valence-corrected chi connectivity index (χ1v) is 9.95. The van der Waals surface area contributed by atoms with Gasteiger partial charge in [0.25, 0.3) is 5.91 Å². The van der Waals surface area contributed by atoms with Crippen molar-refractivity contribution in [2.75, 3.05) is 19.0 Å². The predicted octanol–water partition coefficient (Wildman–Crippen LogP) is 4.05. The van der Waals surface area contributed by atoms with Gasteiger partial charge < -0.3 is 15.2 Å². The van der Waals surface area contributed by atoms with Crippen LogP contribution in [0.4, 0.5) is 5.82 Å². The lowest BCUT2D eigenvalue weighted by molar-refractivity contribution is 0.0935. The first kappa shape index (κ1) is 19.6. The molecule has 1 unspecified atom stereocenters. The summed E-state index contributed by atoms with van der Waals surface area (Å²) in [6, 6.07) is 19.1. The monoisotopic (exact) mass is 399 g/mol. The maximum atomic E-state index is 13.0. The molecule has 0 aliphatic carbocycles. The molecule has 30 heavy (non-hydrogen) atoms. The summed E-state index contributed by atoms with van der Waals surface area (Å²) < 4.78 is 0. The number of aryl methyl sites for hydroxylation is 1. The summed E-state index contributed by atoms with van der Waals surface area (Å²) in [5.41, 5.74) is 3.63. The van der Waals surface area contributed by atoms with Crippen LogP contribution >= 0.6 is 0 Å². The van der Waals surface area contributed by atoms with Crippen LogP contribution in [-0.2, 0) is 6.42 Å². The van der Waals surface area contributed by atoms with Gasteiger partial charge in [-0.2, -0.15) is 0 Å². The Bertz CT molecular complexity index is 1170. The van der Waals surface area contributed by atoms with Crippen molar-refractivity contribution in [3.05, 3.63) is 89.5 Å². The fraction of sp³-hybridized carbons (Fsp3) is 0.208. The quantitative estimate of drug-likeness (QED) is 0.513. The Kier molecular flexibility index (Phi) is 5.48. The third kappa shape index (κ3) is 4.17. The Hall–Kier alpha value is -3.67. The van der Waals surface area contributed by atoms with Crippen molar-refractivity contribution < 1.29 is 4.79 Å². The Morgan fingerprint density at radius 1 is 1.07 bits per heavy atom. The van der Waals surface area contributed by atoms with E-state index in [0.717, 1.165) is 28.0 Å². The largest absolute Gasteiger partial charge is 0.363 e. The minimum absolute atomic E-state index is 0.122. The fourth-order valence-corrected chi connectivity index (χ4v) is 3.56. The number of para-hydroxylation sites is 1. The average Bonchev–Trinajstić information content (AvgIpc) is 3.16. The molecule has 6 heteroatoms. The number of fused-ring (bicyclic) bond motifs is 1. The van der Waals surface area contributed by atoms with Crippen molar-refractivity contribution >= 4 is 22.6 Å². The SMILES string of the molecule is Cc1nc(C(Cc2c[nH]c3ccccc23)NC(=O)c2ccccc2)cc(N(C)C)n1. The molecule has 2 heterocycles. The van der Waals surface area contributed by atoms with Crippen molar-refractivity contribution in [3.8, 4) is 0 Å². The molecular formula is C24H25N5O. The summed E-state index contributed by atoms with van der Waals surface area (Å²) >= 11 is 0. The second-order valence-corrected chi connectivity index (χ2v) is 7.55. The topological polar surface area (TPSA) is 73.9 Å². The number of aromatic amines is 1. The fourth-order valence-electron chi connectivity index (χ4n) is 3.56. The van der Waals surface area contributed by atoms with E-state index in [-0.39, 0.29) is 11.9 Å². The van der Waals surface area contributed by atoms with Crippen LogP contribution in [0, 0.1) is 6.92 Å². The van der Waals surface area contributed by atoms with Crippen molar-refractivity contribution in [3.63, 3.8) is 0 Å². The van der Waals surface area contributed by atoms with E-state index in [2.05, 4.69) is 32.4 Å². The van der Waals surface area contributed by atoms with Gasteiger partial charge in [0.2, 0.25) is 0 Å². The van der Waals surface area contributed by atoms with Crippen molar-refractivity contribution in [1.82, 2.24) is 20.3 Å². The van der Waals surface area contributed by atoms with E-state index in [4.69, 9.17) is 0 Å². The summed E-state index contributed by atoms with van der Waals surface area (Å²) in [5.74, 6) is 1.37. The number of nitrogens with one attached hydrogen (secondary N) is 2. The van der Waals surface area contributed by atoms with Crippen molar-refractivity contribution in [1.29, 1.82) is 0 Å². The third-order valence-electron chi connectivity index (χ3n) is 5.10. The van der Waals surface area contributed by atoms with Crippen LogP contribution in [0.2, 0.25) is 0 Å². The predicted molar refractivity (Wildman–Crippen MR) is 120 cm³/mol. The molecule has 0 fully saturated rings. The number of rotatable bonds is 6. The van der Waals surface area contributed by atoms with Gasteiger partial charge in [0, 0.05) is 49.2 Å². The summed E-state index contributed by atoms with van der Waals surface area (Å²) in [4.78, 5) is 27.4. The molecule has 4 aromatic rings. The molecule has 0 spiro atoms. The zero-order chi connectivity index (χ0) is 21.1. The maximum absolute atomic E-state index is 13.0. The van der Waals surface area contributed by atoms with Gasteiger partial charge >= 0.3 is 0 Å². The van der Waals surface area contributed by atoms with Gasteiger partial charge in [-0.15, -0.1) is 0 Å². The number of carbonyl (C=O) groups excluding carboxylic acids is 1. The number of carbonyl (C=O) groups is 1. The van der Waals surface area contributed by atoms with E-state index >= 15 is 0 Å². The zero-order valence-corrected chi connectivity index (χ0v) is 17.4. The van der Waals surface area contributed by atoms with E-state index < -0.39 is 0 Å². The molecule has 4 rings (SSSR count). The molecule has 1 amide bonds. The molecule has 152 valence electrons. The van der Waals surface area contributed by atoms with Crippen LogP contribution in [0.15, 0.2) is 66.9 Å². The molecular weight excluding hydrogens is 374 g/mol. The molecule has 2 aromatic carbocycles. The third-order valence-corrected chi connectivity index (χ3v) is 5.10. The minimum atomic E-state index is -0.294. The highest BCUT2D eigenvalue weighted by atomic mass is 16.1. The van der Waals surface area contributed by atoms with Crippen LogP contribution in [0.1, 0.15) is 33.5 Å². The van der Waals surface area contributed by atoms with Crippen molar-refractivity contribution in [2.45, 2.75) is 19.4 Å². The first-order chi connectivity index (χ1) is 14.5. The second-order valence-electron chi connectivity index (χ2n) is 7.55. The highest BCUT2D eigenvalue weighted by molar-refractivity contribution is 5.94. The molecule has 0 saturated heterocycles. The van der Waals surface area contributed by atoms with Gasteiger partial charge in [0.15, 0.2) is 0 Å². The zero-order valence-electron chi connectivity index (χ0n) is 17.4. The molecule has 0 radical (unpaired) electrons. The molecule has 0 bridgehead atoms. The second kappa shape index (κ2) is 8.37. The minimum Gasteiger partial charge on any atom is -0.363 e. The first-order valence-electron chi connectivity index (χ1n) is 9.95. The molecule has 0 aliphatic heterocycles. The lowest BCUT2D eigenvalue weighted by atomic mass is 10.0. The molecule has 0 saturated carbocycles. The van der Waals surface area contributed by atoms with Gasteiger partial charge in [-0.3, -0.25) is 4.79 Å². The molecule has 2 aromatic heterocycles. The number of aromatic nitrogens is 3. The normalized spacial score (nSPS) is 12.0. The Morgan fingerprint density at radius 3 is 2.57 bits per heavy atom. The maximum Gasteiger partial charge on any atom is 0.251 e. The summed E-state index contributed by atoms with van der Waals surface area (Å²) in [7, 11) is 3.89. The summed E-state index contributed by atoms with van der Waals surface area (Å²) in [6.45, 7) is 1.87. The van der Waals surface area contributed by atoms with E-state index in [0.29, 0.717) is 17.8 Å². The summed E-state index contributed by atoms with van der Waals surface area (Å²) in [6.07, 6.45) is 2.62. The number of amides is 1. The number of benzene rings is 2. The van der Waals surface area contributed by atoms with E-state index in [1.54, 1.807) is 0 Å². The Morgan fingerprint density at radius 2 is 1.80 bits per heavy atom.